The number of nitrogens with one attached hydrogen (secondary N) is 1. The summed E-state index contributed by atoms with van der Waals surface area (Å²) in [6.45, 7) is 3.00. The molecular weight excluding hydrogens is 447 g/mol. The minimum Gasteiger partial charge on any atom is -0.376 e. The van der Waals surface area contributed by atoms with Gasteiger partial charge in [0, 0.05) is 22.9 Å². The van der Waals surface area contributed by atoms with Crippen molar-refractivity contribution in [1.82, 2.24) is 20.4 Å². The number of amides is 2. The van der Waals surface area contributed by atoms with Gasteiger partial charge in [0.1, 0.15) is 5.82 Å². The first-order chi connectivity index (χ1) is 16.0. The monoisotopic (exact) mass is 468 g/mol. The second-order valence-corrected chi connectivity index (χ2v) is 8.55. The molecule has 2 aliphatic rings. The molecule has 0 saturated carbocycles. The number of rotatable bonds is 5. The number of ether oxygens (including phenoxy) is 1. The molecule has 1 aromatic heterocycles. The fraction of sp³-hybridized carbons (Fsp3) is 0.292. The number of halogens is 2. The van der Waals surface area contributed by atoms with E-state index >= 15 is 0 Å². The molecule has 2 amide bonds. The van der Waals surface area contributed by atoms with Crippen LogP contribution in [-0.2, 0) is 4.74 Å². The lowest BCUT2D eigenvalue weighted by molar-refractivity contribution is 0.0877. The van der Waals surface area contributed by atoms with Gasteiger partial charge in [0.2, 0.25) is 5.82 Å². The number of carbonyl (C=O) groups is 1. The lowest BCUT2D eigenvalue weighted by atomic mass is 9.94. The van der Waals surface area contributed by atoms with E-state index in [-0.39, 0.29) is 23.8 Å². The van der Waals surface area contributed by atoms with Crippen LogP contribution in [0, 0.1) is 5.82 Å². The average Bonchev–Trinajstić information content (AvgIpc) is 3.49. The summed E-state index contributed by atoms with van der Waals surface area (Å²) >= 11 is 6.23. The van der Waals surface area contributed by atoms with Crippen LogP contribution in [0.2, 0.25) is 5.02 Å². The second kappa shape index (κ2) is 8.96. The lowest BCUT2D eigenvalue weighted by Gasteiger charge is -2.36. The number of carbonyl (C=O) groups excluding carboxylic acids is 1. The molecule has 5 rings (SSSR count). The van der Waals surface area contributed by atoms with Crippen molar-refractivity contribution in [3.05, 3.63) is 76.5 Å². The topological polar surface area (TPSA) is 80.5 Å². The molecule has 0 bridgehead atoms. The van der Waals surface area contributed by atoms with Gasteiger partial charge in [-0.05, 0) is 61.7 Å². The van der Waals surface area contributed by atoms with E-state index in [1.54, 1.807) is 29.2 Å². The predicted octanol–water partition coefficient (Wildman–Crippen LogP) is 5.21. The largest absolute Gasteiger partial charge is 0.376 e. The molecule has 33 heavy (non-hydrogen) atoms. The van der Waals surface area contributed by atoms with Crippen LogP contribution in [0.4, 0.5) is 9.18 Å². The van der Waals surface area contributed by atoms with Crippen LogP contribution >= 0.6 is 11.6 Å². The number of urea groups is 1. The van der Waals surface area contributed by atoms with E-state index in [0.29, 0.717) is 40.8 Å². The SMILES string of the molecule is CC1=C(c2nc(-c3ccc(F)cc3)no2)C(c2cccc(Cl)c2)NC(=O)N1CC1CCCO1. The quantitative estimate of drug-likeness (QED) is 0.556. The predicted molar refractivity (Wildman–Crippen MR) is 121 cm³/mol. The fourth-order valence-electron chi connectivity index (χ4n) is 4.26. The van der Waals surface area contributed by atoms with Crippen molar-refractivity contribution in [1.29, 1.82) is 0 Å². The van der Waals surface area contributed by atoms with Crippen LogP contribution in [-0.4, -0.2) is 40.3 Å². The summed E-state index contributed by atoms with van der Waals surface area (Å²) in [5.74, 6) is 0.258. The van der Waals surface area contributed by atoms with Crippen molar-refractivity contribution >= 4 is 23.2 Å². The molecule has 2 aromatic carbocycles. The molecule has 3 aromatic rings. The molecule has 2 unspecified atom stereocenters. The van der Waals surface area contributed by atoms with Crippen LogP contribution in [0.15, 0.2) is 58.8 Å². The molecule has 7 nitrogen and oxygen atoms in total. The van der Waals surface area contributed by atoms with E-state index in [1.807, 2.05) is 19.1 Å². The Kier molecular flexibility index (Phi) is 5.86. The number of hydrogen-bond donors (Lipinski definition) is 1. The summed E-state index contributed by atoms with van der Waals surface area (Å²) in [4.78, 5) is 19.3. The maximum Gasteiger partial charge on any atom is 0.322 e. The van der Waals surface area contributed by atoms with E-state index < -0.39 is 6.04 Å². The lowest BCUT2D eigenvalue weighted by Crippen LogP contribution is -2.48. The smallest absolute Gasteiger partial charge is 0.322 e. The average molecular weight is 469 g/mol. The van der Waals surface area contributed by atoms with Crippen LogP contribution in [0.5, 0.6) is 0 Å². The third-order valence-electron chi connectivity index (χ3n) is 5.95. The molecular formula is C24H22ClFN4O3. The van der Waals surface area contributed by atoms with Crippen molar-refractivity contribution in [2.24, 2.45) is 0 Å². The van der Waals surface area contributed by atoms with Gasteiger partial charge >= 0.3 is 6.03 Å². The van der Waals surface area contributed by atoms with Crippen molar-refractivity contribution < 1.29 is 18.4 Å². The van der Waals surface area contributed by atoms with Gasteiger partial charge in [-0.2, -0.15) is 4.98 Å². The molecule has 0 radical (unpaired) electrons. The van der Waals surface area contributed by atoms with Gasteiger partial charge in [0.05, 0.1) is 24.3 Å². The highest BCUT2D eigenvalue weighted by Gasteiger charge is 2.37. The number of allylic oxidation sites excluding steroid dienone is 1. The van der Waals surface area contributed by atoms with Crippen molar-refractivity contribution in [3.63, 3.8) is 0 Å². The van der Waals surface area contributed by atoms with Gasteiger partial charge in [-0.25, -0.2) is 9.18 Å². The molecule has 2 atom stereocenters. The zero-order chi connectivity index (χ0) is 22.9. The van der Waals surface area contributed by atoms with Crippen molar-refractivity contribution in [2.75, 3.05) is 13.2 Å². The summed E-state index contributed by atoms with van der Waals surface area (Å²) in [5, 5.41) is 7.70. The third-order valence-corrected chi connectivity index (χ3v) is 6.18. The zero-order valence-corrected chi connectivity index (χ0v) is 18.7. The highest BCUT2D eigenvalue weighted by atomic mass is 35.5. The Bertz CT molecular complexity index is 1200. The maximum absolute atomic E-state index is 13.3. The summed E-state index contributed by atoms with van der Waals surface area (Å²) < 4.78 is 24.7. The van der Waals surface area contributed by atoms with E-state index in [0.717, 1.165) is 18.4 Å². The molecule has 3 heterocycles. The van der Waals surface area contributed by atoms with E-state index in [4.69, 9.17) is 20.9 Å². The summed E-state index contributed by atoms with van der Waals surface area (Å²) in [5.41, 5.74) is 2.80. The Morgan fingerprint density at radius 1 is 1.24 bits per heavy atom. The summed E-state index contributed by atoms with van der Waals surface area (Å²) in [6, 6.07) is 12.4. The van der Waals surface area contributed by atoms with E-state index in [9.17, 15) is 9.18 Å². The van der Waals surface area contributed by atoms with Crippen LogP contribution < -0.4 is 5.32 Å². The molecule has 1 fully saturated rings. The maximum atomic E-state index is 13.3. The molecule has 0 spiro atoms. The highest BCUT2D eigenvalue weighted by Crippen LogP contribution is 2.38. The Balaban J connectivity index is 1.57. The summed E-state index contributed by atoms with van der Waals surface area (Å²) in [7, 11) is 0. The minimum absolute atomic E-state index is 0.0212. The zero-order valence-electron chi connectivity index (χ0n) is 17.9. The fourth-order valence-corrected chi connectivity index (χ4v) is 4.45. The minimum atomic E-state index is -0.529. The first-order valence-electron chi connectivity index (χ1n) is 10.8. The van der Waals surface area contributed by atoms with Gasteiger partial charge in [0.15, 0.2) is 0 Å². The first kappa shape index (κ1) is 21.6. The van der Waals surface area contributed by atoms with Crippen molar-refractivity contribution in [3.8, 4) is 11.4 Å². The number of hydrogen-bond acceptors (Lipinski definition) is 5. The van der Waals surface area contributed by atoms with Crippen LogP contribution in [0.3, 0.4) is 0 Å². The van der Waals surface area contributed by atoms with Gasteiger partial charge < -0.3 is 14.6 Å². The highest BCUT2D eigenvalue weighted by molar-refractivity contribution is 6.30. The Hall–Kier alpha value is -3.23. The van der Waals surface area contributed by atoms with Gasteiger partial charge in [-0.1, -0.05) is 28.9 Å². The first-order valence-corrected chi connectivity index (χ1v) is 11.1. The van der Waals surface area contributed by atoms with Crippen LogP contribution in [0.1, 0.15) is 37.3 Å². The molecule has 9 heteroatoms. The number of aromatic nitrogens is 2. The Labute approximate surface area is 195 Å². The number of benzene rings is 2. The molecule has 170 valence electrons. The molecule has 1 saturated heterocycles. The summed E-state index contributed by atoms with van der Waals surface area (Å²) in [6.07, 6.45) is 1.86. The Morgan fingerprint density at radius 3 is 2.79 bits per heavy atom. The van der Waals surface area contributed by atoms with Gasteiger partial charge in [0.25, 0.3) is 5.89 Å². The molecule has 1 N–H and O–H groups in total. The third kappa shape index (κ3) is 4.36. The number of nitrogens with zero attached hydrogens (tertiary/aromatic N) is 3. The molecule has 0 aliphatic carbocycles. The van der Waals surface area contributed by atoms with E-state index in [1.165, 1.54) is 12.1 Å². The van der Waals surface area contributed by atoms with Gasteiger partial charge in [-0.15, -0.1) is 0 Å². The van der Waals surface area contributed by atoms with Gasteiger partial charge in [-0.3, -0.25) is 4.90 Å². The molecule has 2 aliphatic heterocycles. The van der Waals surface area contributed by atoms with E-state index in [2.05, 4.69) is 15.5 Å². The second-order valence-electron chi connectivity index (χ2n) is 8.11. The standard InChI is InChI=1S/C24H22ClFN4O3/c1-14-20(23-28-22(29-33-23)15-7-9-18(26)10-8-15)21(16-4-2-5-17(25)12-16)27-24(31)30(14)13-19-6-3-11-32-19/h2,4-5,7-10,12,19,21H,3,6,11,13H2,1H3,(H,27,31). The normalized spacial score (nSPS) is 20.9. The van der Waals surface area contributed by atoms with Crippen molar-refractivity contribution in [2.45, 2.75) is 31.9 Å². The van der Waals surface area contributed by atoms with Crippen LogP contribution in [0.25, 0.3) is 17.0 Å². The Morgan fingerprint density at radius 2 is 2.06 bits per heavy atom.